The first kappa shape index (κ1) is 9.89. The highest BCUT2D eigenvalue weighted by Crippen LogP contribution is 2.17. The number of imidazole rings is 1. The average molecular weight is 228 g/mol. The SMILES string of the molecule is c1ccc2oc(NCCc3cnc[nH]3)nc2c1. The van der Waals surface area contributed by atoms with E-state index in [0.29, 0.717) is 6.01 Å². The zero-order valence-electron chi connectivity index (χ0n) is 9.18. The number of anilines is 1. The predicted molar refractivity (Wildman–Crippen MR) is 64.8 cm³/mol. The molecular formula is C12H12N4O. The van der Waals surface area contributed by atoms with Crippen LogP contribution in [0.15, 0.2) is 41.2 Å². The third-order valence-electron chi connectivity index (χ3n) is 2.52. The Balaban J connectivity index is 1.65. The van der Waals surface area contributed by atoms with Crippen molar-refractivity contribution in [1.82, 2.24) is 15.0 Å². The van der Waals surface area contributed by atoms with Gasteiger partial charge >= 0.3 is 0 Å². The number of para-hydroxylation sites is 2. The monoisotopic (exact) mass is 228 g/mol. The Morgan fingerprint density at radius 2 is 2.24 bits per heavy atom. The van der Waals surface area contributed by atoms with Crippen molar-refractivity contribution in [1.29, 1.82) is 0 Å². The van der Waals surface area contributed by atoms with Crippen molar-refractivity contribution in [2.24, 2.45) is 0 Å². The molecule has 0 fully saturated rings. The van der Waals surface area contributed by atoms with Crippen LogP contribution in [0.3, 0.4) is 0 Å². The van der Waals surface area contributed by atoms with E-state index < -0.39 is 0 Å². The standard InChI is InChI=1S/C12H12N4O/c1-2-4-11-10(3-1)16-12(17-11)14-6-5-9-7-13-8-15-9/h1-4,7-8H,5-6H2,(H,13,15)(H,14,16). The highest BCUT2D eigenvalue weighted by molar-refractivity contribution is 5.74. The van der Waals surface area contributed by atoms with Crippen LogP contribution in [0.1, 0.15) is 5.69 Å². The minimum absolute atomic E-state index is 0.561. The molecule has 3 aromatic rings. The molecule has 0 aliphatic heterocycles. The lowest BCUT2D eigenvalue weighted by Gasteiger charge is -1.98. The summed E-state index contributed by atoms with van der Waals surface area (Å²) in [5.74, 6) is 0. The number of aromatic nitrogens is 3. The number of H-pyrrole nitrogens is 1. The number of hydrogen-bond acceptors (Lipinski definition) is 4. The normalized spacial score (nSPS) is 10.8. The van der Waals surface area contributed by atoms with Gasteiger partial charge in [-0.15, -0.1) is 0 Å². The number of fused-ring (bicyclic) bond motifs is 1. The lowest BCUT2D eigenvalue weighted by molar-refractivity contribution is 0.614. The molecule has 0 saturated carbocycles. The largest absolute Gasteiger partial charge is 0.424 e. The van der Waals surface area contributed by atoms with Gasteiger partial charge in [-0.25, -0.2) is 4.98 Å². The quantitative estimate of drug-likeness (QED) is 0.718. The summed E-state index contributed by atoms with van der Waals surface area (Å²) in [6.07, 6.45) is 4.35. The maximum absolute atomic E-state index is 5.54. The Morgan fingerprint density at radius 3 is 3.06 bits per heavy atom. The highest BCUT2D eigenvalue weighted by atomic mass is 16.4. The maximum atomic E-state index is 5.54. The van der Waals surface area contributed by atoms with Gasteiger partial charge in [0.05, 0.1) is 6.33 Å². The summed E-state index contributed by atoms with van der Waals surface area (Å²) >= 11 is 0. The average Bonchev–Trinajstić information content (AvgIpc) is 2.96. The Morgan fingerprint density at radius 1 is 1.29 bits per heavy atom. The summed E-state index contributed by atoms with van der Waals surface area (Å²) in [4.78, 5) is 11.3. The summed E-state index contributed by atoms with van der Waals surface area (Å²) in [5, 5.41) is 3.15. The van der Waals surface area contributed by atoms with E-state index in [4.69, 9.17) is 4.42 Å². The summed E-state index contributed by atoms with van der Waals surface area (Å²) < 4.78 is 5.54. The first-order valence-corrected chi connectivity index (χ1v) is 5.48. The van der Waals surface area contributed by atoms with Crippen molar-refractivity contribution in [3.05, 3.63) is 42.5 Å². The molecule has 3 rings (SSSR count). The Bertz CT molecular complexity index is 567. The summed E-state index contributed by atoms with van der Waals surface area (Å²) in [6.45, 7) is 0.759. The van der Waals surface area contributed by atoms with Gasteiger partial charge in [0.25, 0.3) is 6.01 Å². The van der Waals surface area contributed by atoms with Gasteiger partial charge in [0, 0.05) is 24.9 Å². The van der Waals surface area contributed by atoms with Gasteiger partial charge in [0.15, 0.2) is 5.58 Å². The van der Waals surface area contributed by atoms with Gasteiger partial charge in [0.1, 0.15) is 5.52 Å². The summed E-state index contributed by atoms with van der Waals surface area (Å²) in [6, 6.07) is 8.27. The van der Waals surface area contributed by atoms with Crippen molar-refractivity contribution >= 4 is 17.1 Å². The van der Waals surface area contributed by atoms with Crippen LogP contribution in [0.5, 0.6) is 0 Å². The van der Waals surface area contributed by atoms with E-state index in [1.54, 1.807) is 6.33 Å². The fourth-order valence-electron chi connectivity index (χ4n) is 1.67. The fraction of sp³-hybridized carbons (Fsp3) is 0.167. The molecule has 0 radical (unpaired) electrons. The Hall–Kier alpha value is -2.30. The van der Waals surface area contributed by atoms with E-state index in [1.807, 2.05) is 30.5 Å². The molecule has 0 unspecified atom stereocenters. The molecule has 2 heterocycles. The van der Waals surface area contributed by atoms with Gasteiger partial charge < -0.3 is 14.7 Å². The molecule has 0 bridgehead atoms. The van der Waals surface area contributed by atoms with E-state index in [9.17, 15) is 0 Å². The minimum atomic E-state index is 0.561. The number of hydrogen-bond donors (Lipinski definition) is 2. The van der Waals surface area contributed by atoms with Crippen LogP contribution < -0.4 is 5.32 Å². The minimum Gasteiger partial charge on any atom is -0.424 e. The molecule has 0 amide bonds. The molecule has 5 heteroatoms. The topological polar surface area (TPSA) is 66.7 Å². The molecule has 2 aromatic heterocycles. The number of aromatic amines is 1. The lowest BCUT2D eigenvalue weighted by Crippen LogP contribution is -2.04. The zero-order valence-corrected chi connectivity index (χ0v) is 9.18. The molecular weight excluding hydrogens is 216 g/mol. The van der Waals surface area contributed by atoms with Crippen LogP contribution in [0.2, 0.25) is 0 Å². The number of nitrogens with zero attached hydrogens (tertiary/aromatic N) is 2. The molecule has 0 atom stereocenters. The van der Waals surface area contributed by atoms with Crippen LogP contribution in [-0.2, 0) is 6.42 Å². The van der Waals surface area contributed by atoms with Crippen molar-refractivity contribution in [3.8, 4) is 0 Å². The van der Waals surface area contributed by atoms with Gasteiger partial charge in [-0.3, -0.25) is 0 Å². The molecule has 17 heavy (non-hydrogen) atoms. The third-order valence-corrected chi connectivity index (χ3v) is 2.52. The van der Waals surface area contributed by atoms with Gasteiger partial charge in [0.2, 0.25) is 0 Å². The van der Waals surface area contributed by atoms with Crippen molar-refractivity contribution < 1.29 is 4.42 Å². The zero-order chi connectivity index (χ0) is 11.5. The number of rotatable bonds is 4. The van der Waals surface area contributed by atoms with E-state index in [-0.39, 0.29) is 0 Å². The fourth-order valence-corrected chi connectivity index (χ4v) is 1.67. The summed E-state index contributed by atoms with van der Waals surface area (Å²) in [7, 11) is 0. The molecule has 2 N–H and O–H groups in total. The molecule has 0 saturated heterocycles. The van der Waals surface area contributed by atoms with Crippen LogP contribution in [0.25, 0.3) is 11.1 Å². The smallest absolute Gasteiger partial charge is 0.295 e. The van der Waals surface area contributed by atoms with Crippen LogP contribution in [0.4, 0.5) is 6.01 Å². The van der Waals surface area contributed by atoms with Gasteiger partial charge in [-0.2, -0.15) is 4.98 Å². The Labute approximate surface area is 97.9 Å². The second-order valence-electron chi connectivity index (χ2n) is 3.74. The predicted octanol–water partition coefficient (Wildman–Crippen LogP) is 2.21. The number of benzene rings is 1. The van der Waals surface area contributed by atoms with Crippen LogP contribution in [-0.4, -0.2) is 21.5 Å². The lowest BCUT2D eigenvalue weighted by atomic mass is 10.3. The molecule has 86 valence electrons. The van der Waals surface area contributed by atoms with E-state index in [2.05, 4.69) is 20.3 Å². The van der Waals surface area contributed by atoms with Crippen LogP contribution in [0, 0.1) is 0 Å². The second-order valence-corrected chi connectivity index (χ2v) is 3.74. The molecule has 0 aliphatic rings. The van der Waals surface area contributed by atoms with Crippen molar-refractivity contribution in [2.45, 2.75) is 6.42 Å². The van der Waals surface area contributed by atoms with E-state index in [0.717, 1.165) is 29.8 Å². The maximum Gasteiger partial charge on any atom is 0.295 e. The van der Waals surface area contributed by atoms with Crippen molar-refractivity contribution in [3.63, 3.8) is 0 Å². The van der Waals surface area contributed by atoms with Crippen molar-refractivity contribution in [2.75, 3.05) is 11.9 Å². The third kappa shape index (κ3) is 2.13. The second kappa shape index (κ2) is 4.29. The van der Waals surface area contributed by atoms with E-state index in [1.165, 1.54) is 0 Å². The number of oxazole rings is 1. The highest BCUT2D eigenvalue weighted by Gasteiger charge is 2.03. The first-order valence-electron chi connectivity index (χ1n) is 5.48. The van der Waals surface area contributed by atoms with E-state index >= 15 is 0 Å². The Kier molecular flexibility index (Phi) is 2.50. The molecule has 5 nitrogen and oxygen atoms in total. The van der Waals surface area contributed by atoms with Gasteiger partial charge in [-0.05, 0) is 12.1 Å². The molecule has 0 aliphatic carbocycles. The van der Waals surface area contributed by atoms with Gasteiger partial charge in [-0.1, -0.05) is 12.1 Å². The molecule has 1 aromatic carbocycles. The van der Waals surface area contributed by atoms with Crippen LogP contribution >= 0.6 is 0 Å². The molecule has 0 spiro atoms. The summed E-state index contributed by atoms with van der Waals surface area (Å²) in [5.41, 5.74) is 2.77. The number of nitrogens with one attached hydrogen (secondary N) is 2. The first-order chi connectivity index (χ1) is 8.42.